The first kappa shape index (κ1) is 25.9. The summed E-state index contributed by atoms with van der Waals surface area (Å²) in [4.78, 5) is 22.4. The second-order valence-corrected chi connectivity index (χ2v) is 8.33. The van der Waals surface area contributed by atoms with Crippen LogP contribution in [0.15, 0.2) is 0 Å². The molecule has 27 heavy (non-hydrogen) atoms. The summed E-state index contributed by atoms with van der Waals surface area (Å²) < 4.78 is 0. The van der Waals surface area contributed by atoms with E-state index in [1.807, 2.05) is 0 Å². The number of carboxylic acid groups (broad SMARTS) is 2. The van der Waals surface area contributed by atoms with E-state index in [-0.39, 0.29) is 5.92 Å². The van der Waals surface area contributed by atoms with Crippen molar-refractivity contribution < 1.29 is 19.8 Å². The molecular formula is C23H44O4. The number of hydrogen-bond donors (Lipinski definition) is 2. The van der Waals surface area contributed by atoms with E-state index in [4.69, 9.17) is 5.11 Å². The number of rotatable bonds is 19. The zero-order chi connectivity index (χ0) is 20.5. The zero-order valence-corrected chi connectivity index (χ0v) is 18.1. The van der Waals surface area contributed by atoms with Crippen LogP contribution in [0, 0.1) is 11.3 Å². The maximum atomic E-state index is 11.9. The molecule has 0 aromatic heterocycles. The number of carbonyl (C=O) groups is 2. The normalized spacial score (nSPS) is 12.9. The molecule has 0 aromatic rings. The fourth-order valence-corrected chi connectivity index (χ4v) is 4.35. The van der Waals surface area contributed by atoms with Crippen molar-refractivity contribution in [2.75, 3.05) is 0 Å². The van der Waals surface area contributed by atoms with Crippen LogP contribution >= 0.6 is 0 Å². The van der Waals surface area contributed by atoms with Gasteiger partial charge >= 0.3 is 11.9 Å². The largest absolute Gasteiger partial charge is 0.481 e. The molecule has 0 heterocycles. The Bertz CT molecular complexity index is 386. The van der Waals surface area contributed by atoms with Crippen molar-refractivity contribution in [3.63, 3.8) is 0 Å². The van der Waals surface area contributed by atoms with Gasteiger partial charge in [-0.2, -0.15) is 0 Å². The first-order valence-electron chi connectivity index (χ1n) is 11.4. The van der Waals surface area contributed by atoms with Gasteiger partial charge in [0.25, 0.3) is 0 Å². The number of unbranched alkanes of at least 4 members (excludes halogenated alkanes) is 9. The molecule has 160 valence electrons. The second-order valence-electron chi connectivity index (χ2n) is 8.33. The second kappa shape index (κ2) is 15.9. The molecule has 4 nitrogen and oxygen atoms in total. The predicted molar refractivity (Wildman–Crippen MR) is 112 cm³/mol. The van der Waals surface area contributed by atoms with E-state index < -0.39 is 17.4 Å². The molecule has 0 radical (unpaired) electrons. The van der Waals surface area contributed by atoms with E-state index in [1.54, 1.807) is 0 Å². The highest BCUT2D eigenvalue weighted by Gasteiger charge is 2.41. The minimum absolute atomic E-state index is 0.251. The van der Waals surface area contributed by atoms with Crippen LogP contribution < -0.4 is 0 Å². The monoisotopic (exact) mass is 384 g/mol. The molecule has 1 unspecified atom stereocenters. The minimum Gasteiger partial charge on any atom is -0.481 e. The highest BCUT2D eigenvalue weighted by atomic mass is 16.4. The van der Waals surface area contributed by atoms with Gasteiger partial charge in [-0.25, -0.2) is 0 Å². The van der Waals surface area contributed by atoms with Crippen molar-refractivity contribution >= 4 is 11.9 Å². The van der Waals surface area contributed by atoms with Gasteiger partial charge in [-0.3, -0.25) is 9.59 Å². The van der Waals surface area contributed by atoms with Crippen LogP contribution in [0.4, 0.5) is 0 Å². The van der Waals surface area contributed by atoms with Crippen molar-refractivity contribution in [3.8, 4) is 0 Å². The Morgan fingerprint density at radius 1 is 0.741 bits per heavy atom. The number of hydrogen-bond acceptors (Lipinski definition) is 2. The highest BCUT2D eigenvalue weighted by molar-refractivity contribution is 5.75. The molecule has 2 N–H and O–H groups in total. The maximum Gasteiger partial charge on any atom is 0.309 e. The van der Waals surface area contributed by atoms with Gasteiger partial charge in [-0.05, 0) is 31.6 Å². The summed E-state index contributed by atoms with van der Waals surface area (Å²) in [5.41, 5.74) is -0.524. The Morgan fingerprint density at radius 2 is 1.15 bits per heavy atom. The van der Waals surface area contributed by atoms with Gasteiger partial charge in [0.2, 0.25) is 0 Å². The molecule has 0 aliphatic rings. The molecule has 0 aliphatic carbocycles. The fourth-order valence-electron chi connectivity index (χ4n) is 4.35. The van der Waals surface area contributed by atoms with Gasteiger partial charge in [-0.15, -0.1) is 0 Å². The molecule has 1 atom stereocenters. The minimum atomic E-state index is -0.686. The van der Waals surface area contributed by atoms with Crippen LogP contribution in [0.3, 0.4) is 0 Å². The Hall–Kier alpha value is -1.06. The van der Waals surface area contributed by atoms with E-state index >= 15 is 0 Å². The van der Waals surface area contributed by atoms with Gasteiger partial charge in [0.15, 0.2) is 0 Å². The van der Waals surface area contributed by atoms with Crippen LogP contribution in [0.5, 0.6) is 0 Å². The third kappa shape index (κ3) is 11.4. The Morgan fingerprint density at radius 3 is 1.52 bits per heavy atom. The van der Waals surface area contributed by atoms with E-state index in [9.17, 15) is 14.7 Å². The molecule has 4 heteroatoms. The lowest BCUT2D eigenvalue weighted by Crippen LogP contribution is -2.37. The topological polar surface area (TPSA) is 74.6 Å². The summed E-state index contributed by atoms with van der Waals surface area (Å²) in [5, 5.41) is 18.4. The Kier molecular flexibility index (Phi) is 15.3. The molecule has 0 fully saturated rings. The van der Waals surface area contributed by atoms with Crippen molar-refractivity contribution in [3.05, 3.63) is 0 Å². The SMILES string of the molecule is CCCC(CCC)(C(=O)O)C(C)CCCCCCCCCCCCC(=O)O. The van der Waals surface area contributed by atoms with Crippen molar-refractivity contribution in [2.24, 2.45) is 11.3 Å². The third-order valence-electron chi connectivity index (χ3n) is 6.04. The lowest BCUT2D eigenvalue weighted by atomic mass is 9.68. The molecule has 0 saturated heterocycles. The predicted octanol–water partition coefficient (Wildman–Crippen LogP) is 7.06. The van der Waals surface area contributed by atoms with E-state index in [0.717, 1.165) is 57.8 Å². The molecule has 0 saturated carbocycles. The maximum absolute atomic E-state index is 11.9. The van der Waals surface area contributed by atoms with Gasteiger partial charge in [0.1, 0.15) is 0 Å². The molecule has 0 amide bonds. The van der Waals surface area contributed by atoms with Gasteiger partial charge in [0.05, 0.1) is 5.41 Å². The number of aliphatic carboxylic acids is 2. The van der Waals surface area contributed by atoms with Crippen LogP contribution in [0.1, 0.15) is 124 Å². The average Bonchev–Trinajstić information content (AvgIpc) is 2.61. The number of carboxylic acids is 2. The molecule has 0 rings (SSSR count). The summed E-state index contributed by atoms with van der Waals surface area (Å²) >= 11 is 0. The lowest BCUT2D eigenvalue weighted by Gasteiger charge is -2.35. The van der Waals surface area contributed by atoms with Crippen LogP contribution in [0.2, 0.25) is 0 Å². The molecule has 0 bridgehead atoms. The molecule has 0 spiro atoms. The van der Waals surface area contributed by atoms with Crippen molar-refractivity contribution in [1.82, 2.24) is 0 Å². The van der Waals surface area contributed by atoms with Crippen LogP contribution in [0.25, 0.3) is 0 Å². The summed E-state index contributed by atoms with van der Waals surface area (Å²) in [6.07, 6.45) is 16.4. The first-order chi connectivity index (χ1) is 12.9. The summed E-state index contributed by atoms with van der Waals surface area (Å²) in [5.74, 6) is -1.03. The fraction of sp³-hybridized carbons (Fsp3) is 0.913. The van der Waals surface area contributed by atoms with E-state index in [1.165, 1.54) is 38.5 Å². The van der Waals surface area contributed by atoms with Gasteiger partial charge < -0.3 is 10.2 Å². The summed E-state index contributed by atoms with van der Waals surface area (Å²) in [7, 11) is 0. The van der Waals surface area contributed by atoms with Crippen molar-refractivity contribution in [1.29, 1.82) is 0 Å². The summed E-state index contributed by atoms with van der Waals surface area (Å²) in [6.45, 7) is 6.32. The standard InChI is InChI=1S/C23H44O4/c1-4-18-23(19-5-2,22(26)27)20(3)16-14-12-10-8-6-7-9-11-13-15-17-21(24)25/h20H,4-19H2,1-3H3,(H,24,25)(H,26,27). The van der Waals surface area contributed by atoms with Crippen LogP contribution in [-0.2, 0) is 9.59 Å². The Balaban J connectivity index is 3.81. The third-order valence-corrected chi connectivity index (χ3v) is 6.04. The lowest BCUT2D eigenvalue weighted by molar-refractivity contribution is -0.154. The van der Waals surface area contributed by atoms with Gasteiger partial charge in [0, 0.05) is 6.42 Å². The first-order valence-corrected chi connectivity index (χ1v) is 11.4. The quantitative estimate of drug-likeness (QED) is 0.234. The average molecular weight is 385 g/mol. The Labute approximate surface area is 167 Å². The zero-order valence-electron chi connectivity index (χ0n) is 18.1. The molecular weight excluding hydrogens is 340 g/mol. The molecule has 0 aromatic carbocycles. The van der Waals surface area contributed by atoms with E-state index in [0.29, 0.717) is 6.42 Å². The van der Waals surface area contributed by atoms with Gasteiger partial charge in [-0.1, -0.05) is 91.4 Å². The smallest absolute Gasteiger partial charge is 0.309 e. The highest BCUT2D eigenvalue weighted by Crippen LogP contribution is 2.40. The molecule has 0 aliphatic heterocycles. The van der Waals surface area contributed by atoms with Crippen molar-refractivity contribution in [2.45, 2.75) is 124 Å². The van der Waals surface area contributed by atoms with Crippen LogP contribution in [-0.4, -0.2) is 22.2 Å². The van der Waals surface area contributed by atoms with E-state index in [2.05, 4.69) is 20.8 Å². The summed E-state index contributed by atoms with van der Waals surface area (Å²) in [6, 6.07) is 0.